The third-order valence-electron chi connectivity index (χ3n) is 5.01. The van der Waals surface area contributed by atoms with Crippen molar-refractivity contribution in [3.63, 3.8) is 0 Å². The topological polar surface area (TPSA) is 113 Å². The summed E-state index contributed by atoms with van der Waals surface area (Å²) >= 11 is 0. The molecular formula is C25H31N7O. The van der Waals surface area contributed by atoms with Crippen molar-refractivity contribution < 1.29 is 4.74 Å². The molecule has 0 aliphatic carbocycles. The average molecular weight is 446 g/mol. The monoisotopic (exact) mass is 445 g/mol. The van der Waals surface area contributed by atoms with Crippen LogP contribution in [-0.4, -0.2) is 35.4 Å². The predicted molar refractivity (Wildman–Crippen MR) is 131 cm³/mol. The summed E-state index contributed by atoms with van der Waals surface area (Å²) in [6.07, 6.45) is 1.41. The molecule has 0 fully saturated rings. The molecule has 0 radical (unpaired) electrons. The van der Waals surface area contributed by atoms with Crippen LogP contribution in [-0.2, 0) is 13.0 Å². The Morgan fingerprint density at radius 1 is 1.12 bits per heavy atom. The molecule has 0 saturated heterocycles. The van der Waals surface area contributed by atoms with Gasteiger partial charge in [0.15, 0.2) is 5.96 Å². The van der Waals surface area contributed by atoms with Crippen molar-refractivity contribution in [1.82, 2.24) is 20.4 Å². The van der Waals surface area contributed by atoms with Gasteiger partial charge in [-0.3, -0.25) is 0 Å². The fourth-order valence-electron chi connectivity index (χ4n) is 3.44. The first kappa shape index (κ1) is 23.7. The van der Waals surface area contributed by atoms with Gasteiger partial charge in [-0.25, -0.2) is 9.67 Å². The molecule has 0 spiro atoms. The molecule has 0 aliphatic rings. The summed E-state index contributed by atoms with van der Waals surface area (Å²) < 4.78 is 7.31. The largest absolute Gasteiger partial charge is 0.494 e. The highest BCUT2D eigenvalue weighted by Gasteiger charge is 2.16. The number of aryl methyl sites for hydroxylation is 1. The SMILES string of the molecule is CCNC(=NCc1ccccc1OCC)NCCCc1nn(-c2ccccc2)c(N)c1C#N. The summed E-state index contributed by atoms with van der Waals surface area (Å²) in [5.74, 6) is 1.96. The molecule has 0 saturated carbocycles. The van der Waals surface area contributed by atoms with Crippen molar-refractivity contribution in [2.24, 2.45) is 4.99 Å². The number of guanidine groups is 1. The van der Waals surface area contributed by atoms with E-state index in [9.17, 15) is 5.26 Å². The molecule has 1 aromatic heterocycles. The van der Waals surface area contributed by atoms with Crippen molar-refractivity contribution >= 4 is 11.8 Å². The number of anilines is 1. The summed E-state index contributed by atoms with van der Waals surface area (Å²) in [4.78, 5) is 4.69. The number of aliphatic imine (C=N–C) groups is 1. The molecule has 33 heavy (non-hydrogen) atoms. The maximum Gasteiger partial charge on any atom is 0.191 e. The van der Waals surface area contributed by atoms with Gasteiger partial charge >= 0.3 is 0 Å². The third kappa shape index (κ3) is 6.26. The molecule has 0 unspecified atom stereocenters. The van der Waals surface area contributed by atoms with E-state index >= 15 is 0 Å². The van der Waals surface area contributed by atoms with Crippen molar-refractivity contribution in [2.75, 3.05) is 25.4 Å². The maximum absolute atomic E-state index is 9.57. The van der Waals surface area contributed by atoms with E-state index < -0.39 is 0 Å². The quantitative estimate of drug-likeness (QED) is 0.250. The number of hydrogen-bond acceptors (Lipinski definition) is 5. The molecule has 8 heteroatoms. The number of benzene rings is 2. The second-order valence-electron chi connectivity index (χ2n) is 7.33. The molecule has 0 bridgehead atoms. The highest BCUT2D eigenvalue weighted by atomic mass is 16.5. The number of para-hydroxylation sites is 2. The second kappa shape index (κ2) is 12.2. The molecule has 0 atom stereocenters. The first-order valence-electron chi connectivity index (χ1n) is 11.2. The Morgan fingerprint density at radius 3 is 2.61 bits per heavy atom. The zero-order valence-electron chi connectivity index (χ0n) is 19.2. The molecule has 0 amide bonds. The second-order valence-corrected chi connectivity index (χ2v) is 7.33. The predicted octanol–water partition coefficient (Wildman–Crippen LogP) is 3.41. The molecular weight excluding hydrogens is 414 g/mol. The lowest BCUT2D eigenvalue weighted by Gasteiger charge is -2.12. The van der Waals surface area contributed by atoms with Gasteiger partial charge in [0.1, 0.15) is 23.2 Å². The highest BCUT2D eigenvalue weighted by molar-refractivity contribution is 5.79. The van der Waals surface area contributed by atoms with Gasteiger partial charge in [-0.1, -0.05) is 36.4 Å². The van der Waals surface area contributed by atoms with Crippen LogP contribution in [0.2, 0.25) is 0 Å². The minimum Gasteiger partial charge on any atom is -0.494 e. The van der Waals surface area contributed by atoms with Crippen molar-refractivity contribution in [2.45, 2.75) is 33.2 Å². The smallest absolute Gasteiger partial charge is 0.191 e. The van der Waals surface area contributed by atoms with Crippen molar-refractivity contribution in [1.29, 1.82) is 5.26 Å². The minimum absolute atomic E-state index is 0.370. The van der Waals surface area contributed by atoms with Crippen LogP contribution >= 0.6 is 0 Å². The van der Waals surface area contributed by atoms with Gasteiger partial charge in [-0.15, -0.1) is 0 Å². The van der Waals surface area contributed by atoms with E-state index in [4.69, 9.17) is 10.5 Å². The van der Waals surface area contributed by atoms with Crippen LogP contribution in [0.1, 0.15) is 37.1 Å². The number of ether oxygens (including phenoxy) is 1. The van der Waals surface area contributed by atoms with E-state index in [2.05, 4.69) is 26.8 Å². The van der Waals surface area contributed by atoms with Gasteiger partial charge in [0, 0.05) is 18.7 Å². The lowest BCUT2D eigenvalue weighted by molar-refractivity contribution is 0.336. The Kier molecular flexibility index (Phi) is 8.71. The summed E-state index contributed by atoms with van der Waals surface area (Å²) in [5, 5.41) is 20.8. The van der Waals surface area contributed by atoms with Crippen LogP contribution in [0.3, 0.4) is 0 Å². The van der Waals surface area contributed by atoms with E-state index in [1.54, 1.807) is 4.68 Å². The maximum atomic E-state index is 9.57. The van der Waals surface area contributed by atoms with Gasteiger partial charge in [0.2, 0.25) is 0 Å². The average Bonchev–Trinajstić information content (AvgIpc) is 3.16. The first-order chi connectivity index (χ1) is 16.2. The van der Waals surface area contributed by atoms with Crippen LogP contribution in [0, 0.1) is 11.3 Å². The summed E-state index contributed by atoms with van der Waals surface area (Å²) in [7, 11) is 0. The molecule has 0 aliphatic heterocycles. The summed E-state index contributed by atoms with van der Waals surface area (Å²) in [5.41, 5.74) is 9.21. The molecule has 4 N–H and O–H groups in total. The number of nitrogens with two attached hydrogens (primary N) is 1. The Bertz CT molecular complexity index is 1100. The molecule has 8 nitrogen and oxygen atoms in total. The Labute approximate surface area is 195 Å². The van der Waals surface area contributed by atoms with Gasteiger partial charge in [-0.05, 0) is 44.9 Å². The number of aromatic nitrogens is 2. The number of nitrogen functional groups attached to an aromatic ring is 1. The highest BCUT2D eigenvalue weighted by Crippen LogP contribution is 2.21. The fraction of sp³-hybridized carbons (Fsp3) is 0.320. The summed E-state index contributed by atoms with van der Waals surface area (Å²) in [6, 6.07) is 19.7. The van der Waals surface area contributed by atoms with Gasteiger partial charge in [-0.2, -0.15) is 10.4 Å². The van der Waals surface area contributed by atoms with Crippen LogP contribution < -0.4 is 21.1 Å². The summed E-state index contributed by atoms with van der Waals surface area (Å²) in [6.45, 7) is 6.58. The Hall–Kier alpha value is -3.99. The Morgan fingerprint density at radius 2 is 1.88 bits per heavy atom. The molecule has 3 aromatic rings. The van der Waals surface area contributed by atoms with Gasteiger partial charge in [0.05, 0.1) is 24.5 Å². The van der Waals surface area contributed by atoms with E-state index in [0.29, 0.717) is 43.2 Å². The number of nitriles is 1. The van der Waals surface area contributed by atoms with Crippen molar-refractivity contribution in [3.8, 4) is 17.5 Å². The van der Waals surface area contributed by atoms with Crippen molar-refractivity contribution in [3.05, 3.63) is 71.4 Å². The van der Waals surface area contributed by atoms with E-state index in [0.717, 1.165) is 35.9 Å². The molecule has 3 rings (SSSR count). The number of nitrogens with zero attached hydrogens (tertiary/aromatic N) is 4. The van der Waals surface area contributed by atoms with E-state index in [1.165, 1.54) is 0 Å². The van der Waals surface area contributed by atoms with Crippen LogP contribution in [0.15, 0.2) is 59.6 Å². The van der Waals surface area contributed by atoms with Crippen LogP contribution in [0.4, 0.5) is 5.82 Å². The fourth-order valence-corrected chi connectivity index (χ4v) is 3.44. The number of hydrogen-bond donors (Lipinski definition) is 3. The van der Waals surface area contributed by atoms with Gasteiger partial charge in [0.25, 0.3) is 0 Å². The molecule has 172 valence electrons. The van der Waals surface area contributed by atoms with Crippen LogP contribution in [0.25, 0.3) is 5.69 Å². The van der Waals surface area contributed by atoms with Gasteiger partial charge < -0.3 is 21.1 Å². The normalized spacial score (nSPS) is 11.1. The lowest BCUT2D eigenvalue weighted by atomic mass is 10.1. The zero-order valence-corrected chi connectivity index (χ0v) is 19.2. The Balaban J connectivity index is 1.61. The number of nitrogens with one attached hydrogen (secondary N) is 2. The van der Waals surface area contributed by atoms with E-state index in [-0.39, 0.29) is 0 Å². The zero-order chi connectivity index (χ0) is 23.5. The minimum atomic E-state index is 0.370. The number of rotatable bonds is 10. The molecule has 2 aromatic carbocycles. The lowest BCUT2D eigenvalue weighted by Crippen LogP contribution is -2.37. The van der Waals surface area contributed by atoms with Crippen LogP contribution in [0.5, 0.6) is 5.75 Å². The third-order valence-corrected chi connectivity index (χ3v) is 5.01. The molecule has 1 heterocycles. The van der Waals surface area contributed by atoms with E-state index in [1.807, 2.05) is 68.4 Å². The standard InChI is InChI=1S/C25H31N7O/c1-3-28-25(30-18-19-11-8-9-15-23(19)33-4-2)29-16-10-14-22-21(17-26)24(27)32(31-22)20-12-6-5-7-13-20/h5-9,11-13,15H,3-4,10,14,16,18,27H2,1-2H3,(H2,28,29,30). The first-order valence-corrected chi connectivity index (χ1v) is 11.2.